The van der Waals surface area contributed by atoms with Gasteiger partial charge in [0.1, 0.15) is 0 Å². The van der Waals surface area contributed by atoms with Gasteiger partial charge in [-0.2, -0.15) is 0 Å². The zero-order valence-electron chi connectivity index (χ0n) is 11.5. The molecule has 2 aliphatic rings. The molecule has 0 aromatic rings. The van der Waals surface area contributed by atoms with Gasteiger partial charge in [-0.15, -0.1) is 0 Å². The van der Waals surface area contributed by atoms with Crippen LogP contribution in [0.1, 0.15) is 45.4 Å². The molecule has 17 heavy (non-hydrogen) atoms. The van der Waals surface area contributed by atoms with Crippen LogP contribution in [0.2, 0.25) is 0 Å². The van der Waals surface area contributed by atoms with Crippen molar-refractivity contribution >= 4 is 0 Å². The molecule has 3 nitrogen and oxygen atoms in total. The van der Waals surface area contributed by atoms with Crippen molar-refractivity contribution in [3.8, 4) is 0 Å². The molecular weight excluding hydrogens is 212 g/mol. The highest BCUT2D eigenvalue weighted by Gasteiger charge is 2.29. The van der Waals surface area contributed by atoms with Crippen molar-refractivity contribution in [2.45, 2.75) is 63.6 Å². The van der Waals surface area contributed by atoms with Crippen LogP contribution in [0.4, 0.5) is 0 Å². The molecule has 0 aromatic heterocycles. The van der Waals surface area contributed by atoms with E-state index in [9.17, 15) is 0 Å². The average molecular weight is 240 g/mol. The van der Waals surface area contributed by atoms with E-state index in [-0.39, 0.29) is 0 Å². The second-order valence-electron chi connectivity index (χ2n) is 5.57. The highest BCUT2D eigenvalue weighted by atomic mass is 16.5. The third-order valence-electron chi connectivity index (χ3n) is 4.40. The summed E-state index contributed by atoms with van der Waals surface area (Å²) in [7, 11) is 1.86. The van der Waals surface area contributed by atoms with E-state index in [1.54, 1.807) is 0 Å². The number of ether oxygens (including phenoxy) is 1. The number of piperidine rings is 1. The molecule has 0 bridgehead atoms. The molecule has 100 valence electrons. The number of nitrogens with zero attached hydrogens (tertiary/aromatic N) is 1. The van der Waals surface area contributed by atoms with Crippen molar-refractivity contribution in [1.29, 1.82) is 0 Å². The Morgan fingerprint density at radius 2 is 2.12 bits per heavy atom. The van der Waals surface area contributed by atoms with Gasteiger partial charge in [0.25, 0.3) is 0 Å². The van der Waals surface area contributed by atoms with Crippen molar-refractivity contribution in [1.82, 2.24) is 10.2 Å². The summed E-state index contributed by atoms with van der Waals surface area (Å²) in [6, 6.07) is 1.55. The smallest absolute Gasteiger partial charge is 0.0698 e. The minimum absolute atomic E-state index is 0.475. The number of nitrogens with one attached hydrogen (secondary N) is 1. The first kappa shape index (κ1) is 13.3. The number of hydrogen-bond acceptors (Lipinski definition) is 3. The van der Waals surface area contributed by atoms with Gasteiger partial charge in [0, 0.05) is 25.7 Å². The van der Waals surface area contributed by atoms with Gasteiger partial charge in [0.05, 0.1) is 6.10 Å². The van der Waals surface area contributed by atoms with E-state index in [0.717, 1.165) is 25.2 Å². The highest BCUT2D eigenvalue weighted by Crippen LogP contribution is 2.26. The van der Waals surface area contributed by atoms with E-state index in [2.05, 4.69) is 17.1 Å². The third-order valence-corrected chi connectivity index (χ3v) is 4.40. The Morgan fingerprint density at radius 1 is 1.24 bits per heavy atom. The molecule has 0 amide bonds. The Kier molecular flexibility index (Phi) is 5.26. The van der Waals surface area contributed by atoms with Gasteiger partial charge in [-0.1, -0.05) is 13.3 Å². The van der Waals surface area contributed by atoms with Crippen molar-refractivity contribution in [3.63, 3.8) is 0 Å². The van der Waals surface area contributed by atoms with Gasteiger partial charge in [-0.3, -0.25) is 4.90 Å². The quantitative estimate of drug-likeness (QED) is 0.813. The van der Waals surface area contributed by atoms with Crippen molar-refractivity contribution < 1.29 is 4.74 Å². The molecule has 0 radical (unpaired) electrons. The second kappa shape index (κ2) is 6.72. The molecule has 3 unspecified atom stereocenters. The Hall–Kier alpha value is -0.120. The summed E-state index contributed by atoms with van der Waals surface area (Å²) in [5, 5.41) is 3.62. The molecule has 1 N–H and O–H groups in total. The fraction of sp³-hybridized carbons (Fsp3) is 1.00. The summed E-state index contributed by atoms with van der Waals surface area (Å²) in [5.41, 5.74) is 0. The fourth-order valence-electron chi connectivity index (χ4n) is 3.46. The summed E-state index contributed by atoms with van der Waals surface area (Å²) in [6.45, 7) is 5.76. The van der Waals surface area contributed by atoms with Gasteiger partial charge in [-0.05, 0) is 45.2 Å². The topological polar surface area (TPSA) is 24.5 Å². The second-order valence-corrected chi connectivity index (χ2v) is 5.57. The van der Waals surface area contributed by atoms with Crippen molar-refractivity contribution in [2.75, 3.05) is 26.7 Å². The Bertz CT molecular complexity index is 220. The predicted molar refractivity (Wildman–Crippen MR) is 71.3 cm³/mol. The zero-order valence-corrected chi connectivity index (χ0v) is 11.5. The van der Waals surface area contributed by atoms with Gasteiger partial charge in [-0.25, -0.2) is 0 Å². The lowest BCUT2D eigenvalue weighted by molar-refractivity contribution is 0.00512. The maximum absolute atomic E-state index is 5.53. The van der Waals surface area contributed by atoms with Crippen molar-refractivity contribution in [2.24, 2.45) is 0 Å². The minimum atomic E-state index is 0.475. The van der Waals surface area contributed by atoms with Crippen LogP contribution in [0.25, 0.3) is 0 Å². The summed E-state index contributed by atoms with van der Waals surface area (Å²) in [6.07, 6.45) is 8.51. The molecule has 3 atom stereocenters. The van der Waals surface area contributed by atoms with Crippen LogP contribution >= 0.6 is 0 Å². The van der Waals surface area contributed by atoms with Crippen LogP contribution in [0.5, 0.6) is 0 Å². The zero-order chi connectivity index (χ0) is 12.1. The molecule has 2 fully saturated rings. The monoisotopic (exact) mass is 240 g/mol. The van der Waals surface area contributed by atoms with Crippen LogP contribution in [0, 0.1) is 0 Å². The number of rotatable bonds is 4. The standard InChI is InChI=1S/C14H28N2O/c1-3-15-12-6-4-7-13(10-12)16-9-5-8-14(11-16)17-2/h12-15H,3-11H2,1-2H3. The van der Waals surface area contributed by atoms with E-state index < -0.39 is 0 Å². The highest BCUT2D eigenvalue weighted by molar-refractivity contribution is 4.86. The van der Waals surface area contributed by atoms with E-state index in [4.69, 9.17) is 4.74 Å². The molecule has 1 saturated carbocycles. The summed E-state index contributed by atoms with van der Waals surface area (Å²) < 4.78 is 5.53. The molecule has 1 saturated heterocycles. The molecule has 1 aliphatic carbocycles. The minimum Gasteiger partial charge on any atom is -0.380 e. The van der Waals surface area contributed by atoms with Crippen LogP contribution < -0.4 is 5.32 Å². The predicted octanol–water partition coefficient (Wildman–Crippen LogP) is 2.02. The van der Waals surface area contributed by atoms with Crippen molar-refractivity contribution in [3.05, 3.63) is 0 Å². The molecule has 1 heterocycles. The first-order chi connectivity index (χ1) is 8.33. The Balaban J connectivity index is 1.83. The lowest BCUT2D eigenvalue weighted by atomic mass is 9.88. The molecule has 2 rings (SSSR count). The van der Waals surface area contributed by atoms with Gasteiger partial charge in [0.2, 0.25) is 0 Å². The van der Waals surface area contributed by atoms with Gasteiger partial charge < -0.3 is 10.1 Å². The maximum atomic E-state index is 5.53. The summed E-state index contributed by atoms with van der Waals surface area (Å²) in [5.74, 6) is 0. The van der Waals surface area contributed by atoms with Crippen LogP contribution in [0.3, 0.4) is 0 Å². The lowest BCUT2D eigenvalue weighted by Crippen LogP contribution is -2.49. The average Bonchev–Trinajstić information content (AvgIpc) is 2.40. The lowest BCUT2D eigenvalue weighted by Gasteiger charge is -2.41. The Morgan fingerprint density at radius 3 is 2.88 bits per heavy atom. The normalized spacial score (nSPS) is 36.0. The van der Waals surface area contributed by atoms with Crippen LogP contribution in [-0.2, 0) is 4.74 Å². The van der Waals surface area contributed by atoms with E-state index in [1.165, 1.54) is 45.1 Å². The van der Waals surface area contributed by atoms with E-state index in [1.807, 2.05) is 7.11 Å². The van der Waals surface area contributed by atoms with Gasteiger partial charge in [0.15, 0.2) is 0 Å². The SMILES string of the molecule is CCNC1CCCC(N2CCCC(OC)C2)C1. The molecule has 1 aliphatic heterocycles. The van der Waals surface area contributed by atoms with E-state index >= 15 is 0 Å². The number of likely N-dealkylation sites (tertiary alicyclic amines) is 1. The molecule has 0 aromatic carbocycles. The first-order valence-corrected chi connectivity index (χ1v) is 7.33. The Labute approximate surface area is 106 Å². The van der Waals surface area contributed by atoms with Crippen LogP contribution in [-0.4, -0.2) is 49.8 Å². The molecule has 0 spiro atoms. The summed E-state index contributed by atoms with van der Waals surface area (Å²) in [4.78, 5) is 2.68. The molecular formula is C14H28N2O. The van der Waals surface area contributed by atoms with E-state index in [0.29, 0.717) is 6.10 Å². The molecule has 3 heteroatoms. The largest absolute Gasteiger partial charge is 0.380 e. The fourth-order valence-corrected chi connectivity index (χ4v) is 3.46. The first-order valence-electron chi connectivity index (χ1n) is 7.33. The maximum Gasteiger partial charge on any atom is 0.0698 e. The summed E-state index contributed by atoms with van der Waals surface area (Å²) >= 11 is 0. The van der Waals surface area contributed by atoms with Gasteiger partial charge >= 0.3 is 0 Å². The van der Waals surface area contributed by atoms with Crippen LogP contribution in [0.15, 0.2) is 0 Å². The third kappa shape index (κ3) is 3.67. The number of hydrogen-bond donors (Lipinski definition) is 1. The number of methoxy groups -OCH3 is 1.